The quantitative estimate of drug-likeness (QED) is 0.764. The first-order chi connectivity index (χ1) is 7.47. The van der Waals surface area contributed by atoms with E-state index in [1.807, 2.05) is 6.92 Å². The number of piperazine rings is 1. The van der Waals surface area contributed by atoms with Crippen molar-refractivity contribution in [3.05, 3.63) is 0 Å². The summed E-state index contributed by atoms with van der Waals surface area (Å²) >= 11 is 0. The molecule has 0 aromatic rings. The molecule has 1 unspecified atom stereocenters. The molecule has 1 heterocycles. The van der Waals surface area contributed by atoms with Gasteiger partial charge in [-0.15, -0.1) is 0 Å². The lowest BCUT2D eigenvalue weighted by atomic mass is 10.1. The first kappa shape index (κ1) is 13.5. The van der Waals surface area contributed by atoms with Crippen LogP contribution in [0.1, 0.15) is 27.7 Å². The highest BCUT2D eigenvalue weighted by Gasteiger charge is 2.30. The second-order valence-corrected chi connectivity index (χ2v) is 4.97. The first-order valence-electron chi connectivity index (χ1n) is 6.18. The molecule has 4 nitrogen and oxygen atoms in total. The van der Waals surface area contributed by atoms with Gasteiger partial charge in [0.2, 0.25) is 5.91 Å². The summed E-state index contributed by atoms with van der Waals surface area (Å²) in [5, 5.41) is 2.72. The Bertz CT molecular complexity index is 242. The van der Waals surface area contributed by atoms with E-state index in [1.54, 1.807) is 7.05 Å². The van der Waals surface area contributed by atoms with Crippen LogP contribution in [0.5, 0.6) is 0 Å². The Morgan fingerprint density at radius 2 is 1.94 bits per heavy atom. The van der Waals surface area contributed by atoms with Gasteiger partial charge in [-0.05, 0) is 27.7 Å². The van der Waals surface area contributed by atoms with Crippen LogP contribution in [0.25, 0.3) is 0 Å². The summed E-state index contributed by atoms with van der Waals surface area (Å²) in [4.78, 5) is 16.4. The van der Waals surface area contributed by atoms with Crippen LogP contribution in [-0.4, -0.2) is 60.5 Å². The normalized spacial score (nSPS) is 25.8. The highest BCUT2D eigenvalue weighted by atomic mass is 16.2. The lowest BCUT2D eigenvalue weighted by Crippen LogP contribution is -2.58. The zero-order valence-electron chi connectivity index (χ0n) is 11.2. The Balaban J connectivity index is 2.56. The molecule has 1 N–H and O–H groups in total. The Morgan fingerprint density at radius 1 is 1.31 bits per heavy atom. The number of hydrogen-bond acceptors (Lipinski definition) is 3. The maximum atomic E-state index is 11.6. The second kappa shape index (κ2) is 5.64. The third-order valence-electron chi connectivity index (χ3n) is 3.56. The van der Waals surface area contributed by atoms with Gasteiger partial charge in [-0.2, -0.15) is 0 Å². The average Bonchev–Trinajstić information content (AvgIpc) is 2.26. The summed E-state index contributed by atoms with van der Waals surface area (Å²) in [6, 6.07) is 1.03. The van der Waals surface area contributed by atoms with Crippen molar-refractivity contribution < 1.29 is 4.79 Å². The number of carbonyl (C=O) groups is 1. The van der Waals surface area contributed by atoms with Crippen LogP contribution < -0.4 is 5.32 Å². The van der Waals surface area contributed by atoms with E-state index in [9.17, 15) is 4.79 Å². The molecule has 4 heteroatoms. The van der Waals surface area contributed by atoms with Crippen LogP contribution in [-0.2, 0) is 4.79 Å². The molecule has 0 bridgehead atoms. The van der Waals surface area contributed by atoms with E-state index < -0.39 is 0 Å². The Morgan fingerprint density at radius 3 is 2.38 bits per heavy atom. The molecule has 0 saturated carbocycles. The van der Waals surface area contributed by atoms with Gasteiger partial charge in [-0.3, -0.25) is 14.6 Å². The summed E-state index contributed by atoms with van der Waals surface area (Å²) < 4.78 is 0. The van der Waals surface area contributed by atoms with E-state index in [4.69, 9.17) is 0 Å². The summed E-state index contributed by atoms with van der Waals surface area (Å²) in [5.74, 6) is 0.116. The van der Waals surface area contributed by atoms with Gasteiger partial charge >= 0.3 is 0 Å². The van der Waals surface area contributed by atoms with Gasteiger partial charge in [0, 0.05) is 38.8 Å². The summed E-state index contributed by atoms with van der Waals surface area (Å²) in [6.45, 7) is 11.7. The van der Waals surface area contributed by atoms with Crippen LogP contribution in [0.15, 0.2) is 0 Å². The highest BCUT2D eigenvalue weighted by molar-refractivity contribution is 5.81. The molecule has 0 radical (unpaired) electrons. The minimum Gasteiger partial charge on any atom is -0.358 e. The number of amides is 1. The molecular weight excluding hydrogens is 202 g/mol. The Kier molecular flexibility index (Phi) is 4.74. The molecule has 0 spiro atoms. The number of nitrogens with zero attached hydrogens (tertiary/aromatic N) is 2. The fourth-order valence-corrected chi connectivity index (χ4v) is 2.40. The molecule has 0 aliphatic carbocycles. The van der Waals surface area contributed by atoms with Crippen molar-refractivity contribution in [2.24, 2.45) is 0 Å². The number of likely N-dealkylation sites (N-methyl/N-ethyl adjacent to an activating group) is 1. The summed E-state index contributed by atoms with van der Waals surface area (Å²) in [5.41, 5.74) is 0. The fraction of sp³-hybridized carbons (Fsp3) is 0.917. The molecule has 1 saturated heterocycles. The van der Waals surface area contributed by atoms with Gasteiger partial charge in [-0.25, -0.2) is 0 Å². The number of hydrogen-bond donors (Lipinski definition) is 1. The van der Waals surface area contributed by atoms with Gasteiger partial charge in [-0.1, -0.05) is 0 Å². The van der Waals surface area contributed by atoms with Crippen LogP contribution >= 0.6 is 0 Å². The SMILES string of the molecule is CNC(=O)C(C)N1CCN(C(C)C)C[C@@H]1C. The molecule has 1 amide bonds. The zero-order chi connectivity index (χ0) is 12.3. The molecule has 94 valence electrons. The smallest absolute Gasteiger partial charge is 0.236 e. The number of carbonyl (C=O) groups excluding carboxylic acids is 1. The highest BCUT2D eigenvalue weighted by Crippen LogP contribution is 2.15. The lowest BCUT2D eigenvalue weighted by Gasteiger charge is -2.43. The van der Waals surface area contributed by atoms with E-state index in [2.05, 4.69) is 35.9 Å². The predicted octanol–water partition coefficient (Wildman–Crippen LogP) is 0.535. The van der Waals surface area contributed by atoms with Crippen molar-refractivity contribution in [1.29, 1.82) is 0 Å². The lowest BCUT2D eigenvalue weighted by molar-refractivity contribution is -0.127. The number of nitrogens with one attached hydrogen (secondary N) is 1. The molecule has 0 aromatic heterocycles. The fourth-order valence-electron chi connectivity index (χ4n) is 2.40. The first-order valence-corrected chi connectivity index (χ1v) is 6.18. The van der Waals surface area contributed by atoms with Gasteiger partial charge < -0.3 is 5.32 Å². The molecule has 1 aliphatic rings. The molecule has 1 fully saturated rings. The minimum absolute atomic E-state index is 0.0192. The van der Waals surface area contributed by atoms with Crippen molar-refractivity contribution >= 4 is 5.91 Å². The van der Waals surface area contributed by atoms with E-state index in [-0.39, 0.29) is 11.9 Å². The van der Waals surface area contributed by atoms with Crippen molar-refractivity contribution in [1.82, 2.24) is 15.1 Å². The molecule has 0 aromatic carbocycles. The molecule has 2 atom stereocenters. The van der Waals surface area contributed by atoms with E-state index in [0.717, 1.165) is 19.6 Å². The second-order valence-electron chi connectivity index (χ2n) is 4.97. The van der Waals surface area contributed by atoms with Crippen LogP contribution in [0.3, 0.4) is 0 Å². The minimum atomic E-state index is -0.0192. The van der Waals surface area contributed by atoms with Crippen LogP contribution in [0.4, 0.5) is 0 Å². The van der Waals surface area contributed by atoms with Gasteiger partial charge in [0.1, 0.15) is 0 Å². The Labute approximate surface area is 99.0 Å². The monoisotopic (exact) mass is 227 g/mol. The standard InChI is InChI=1S/C12H25N3O/c1-9(2)14-6-7-15(10(3)8-14)11(4)12(16)13-5/h9-11H,6-8H2,1-5H3,(H,13,16)/t10-,11?/m0/s1. The average molecular weight is 227 g/mol. The van der Waals surface area contributed by atoms with Crippen molar-refractivity contribution in [3.63, 3.8) is 0 Å². The summed E-state index contributed by atoms with van der Waals surface area (Å²) in [6.07, 6.45) is 0. The molecular formula is C12H25N3O. The zero-order valence-corrected chi connectivity index (χ0v) is 11.2. The predicted molar refractivity (Wildman–Crippen MR) is 66.4 cm³/mol. The topological polar surface area (TPSA) is 35.6 Å². The largest absolute Gasteiger partial charge is 0.358 e. The van der Waals surface area contributed by atoms with Crippen LogP contribution in [0.2, 0.25) is 0 Å². The third-order valence-corrected chi connectivity index (χ3v) is 3.56. The molecule has 1 rings (SSSR count). The van der Waals surface area contributed by atoms with Gasteiger partial charge in [0.25, 0.3) is 0 Å². The molecule has 16 heavy (non-hydrogen) atoms. The molecule has 1 aliphatic heterocycles. The number of rotatable bonds is 3. The van der Waals surface area contributed by atoms with E-state index in [0.29, 0.717) is 12.1 Å². The maximum Gasteiger partial charge on any atom is 0.236 e. The van der Waals surface area contributed by atoms with Gasteiger partial charge in [0.05, 0.1) is 6.04 Å². The maximum absolute atomic E-state index is 11.6. The van der Waals surface area contributed by atoms with Crippen LogP contribution in [0, 0.1) is 0 Å². The van der Waals surface area contributed by atoms with Gasteiger partial charge in [0.15, 0.2) is 0 Å². The third kappa shape index (κ3) is 2.95. The van der Waals surface area contributed by atoms with Crippen molar-refractivity contribution in [2.45, 2.75) is 45.8 Å². The van der Waals surface area contributed by atoms with Crippen molar-refractivity contribution in [2.75, 3.05) is 26.7 Å². The van der Waals surface area contributed by atoms with E-state index in [1.165, 1.54) is 0 Å². The summed E-state index contributed by atoms with van der Waals surface area (Å²) in [7, 11) is 1.70. The van der Waals surface area contributed by atoms with E-state index >= 15 is 0 Å². The van der Waals surface area contributed by atoms with Crippen molar-refractivity contribution in [3.8, 4) is 0 Å². The Hall–Kier alpha value is -0.610.